The van der Waals surface area contributed by atoms with Gasteiger partial charge in [-0.2, -0.15) is 0 Å². The molecular weight excluding hydrogens is 220 g/mol. The number of hydrogen-bond acceptors (Lipinski definition) is 3. The summed E-state index contributed by atoms with van der Waals surface area (Å²) in [5, 5.41) is 12.2. The van der Waals surface area contributed by atoms with Crippen LogP contribution in [-0.2, 0) is 0 Å². The fourth-order valence-electron chi connectivity index (χ4n) is 2.30. The van der Waals surface area contributed by atoms with Crippen molar-refractivity contribution in [3.8, 4) is 0 Å². The molecule has 0 aliphatic heterocycles. The lowest BCUT2D eigenvalue weighted by Gasteiger charge is -2.33. The van der Waals surface area contributed by atoms with Crippen molar-refractivity contribution in [3.05, 3.63) is 21.9 Å². The molecule has 0 saturated heterocycles. The van der Waals surface area contributed by atoms with Crippen LogP contribution in [0.15, 0.2) is 11.4 Å². The fraction of sp³-hybridized carbons (Fsp3) is 0.615. The molecule has 0 atom stereocenters. The molecule has 0 unspecified atom stereocenters. The lowest BCUT2D eigenvalue weighted by Crippen LogP contribution is -2.41. The van der Waals surface area contributed by atoms with Crippen molar-refractivity contribution in [1.82, 2.24) is 0 Å². The zero-order valence-corrected chi connectivity index (χ0v) is 10.6. The maximum atomic E-state index is 12.2. The van der Waals surface area contributed by atoms with Gasteiger partial charge in [0.15, 0.2) is 5.78 Å². The van der Waals surface area contributed by atoms with Crippen molar-refractivity contribution in [2.45, 2.75) is 45.1 Å². The van der Waals surface area contributed by atoms with E-state index in [4.69, 9.17) is 0 Å². The van der Waals surface area contributed by atoms with Crippen molar-refractivity contribution in [2.75, 3.05) is 0 Å². The monoisotopic (exact) mass is 238 g/mol. The fourth-order valence-corrected chi connectivity index (χ4v) is 2.98. The minimum absolute atomic E-state index is 0.0799. The molecule has 0 spiro atoms. The van der Waals surface area contributed by atoms with Gasteiger partial charge in [-0.3, -0.25) is 4.79 Å². The smallest absolute Gasteiger partial charge is 0.195 e. The highest BCUT2D eigenvalue weighted by molar-refractivity contribution is 7.10. The summed E-state index contributed by atoms with van der Waals surface area (Å²) in [6.45, 7) is 4.16. The first-order valence-corrected chi connectivity index (χ1v) is 6.71. The van der Waals surface area contributed by atoms with Crippen molar-refractivity contribution < 1.29 is 9.90 Å². The van der Waals surface area contributed by atoms with E-state index in [2.05, 4.69) is 6.92 Å². The molecule has 88 valence electrons. The summed E-state index contributed by atoms with van der Waals surface area (Å²) >= 11 is 1.56. The van der Waals surface area contributed by atoms with Gasteiger partial charge < -0.3 is 5.11 Å². The average Bonchev–Trinajstić information content (AvgIpc) is 2.68. The number of rotatable bonds is 2. The van der Waals surface area contributed by atoms with E-state index in [-0.39, 0.29) is 5.78 Å². The van der Waals surface area contributed by atoms with Crippen LogP contribution in [0.1, 0.15) is 47.8 Å². The average molecular weight is 238 g/mol. The van der Waals surface area contributed by atoms with Gasteiger partial charge in [-0.05, 0) is 44.6 Å². The van der Waals surface area contributed by atoms with E-state index in [0.717, 1.165) is 17.7 Å². The Morgan fingerprint density at radius 1 is 1.50 bits per heavy atom. The lowest BCUT2D eigenvalue weighted by molar-refractivity contribution is 0.00430. The Kier molecular flexibility index (Phi) is 3.17. The van der Waals surface area contributed by atoms with Crippen LogP contribution in [0.4, 0.5) is 0 Å². The molecule has 1 aliphatic carbocycles. The van der Waals surface area contributed by atoms with E-state index in [9.17, 15) is 9.90 Å². The number of hydrogen-bond donors (Lipinski definition) is 1. The van der Waals surface area contributed by atoms with Gasteiger partial charge in [-0.1, -0.05) is 6.92 Å². The quantitative estimate of drug-likeness (QED) is 0.803. The summed E-state index contributed by atoms with van der Waals surface area (Å²) in [6.07, 6.45) is 3.13. The van der Waals surface area contributed by atoms with Gasteiger partial charge in [0.05, 0.1) is 0 Å². The second-order valence-electron chi connectivity index (χ2n) is 4.99. The molecule has 0 radical (unpaired) electrons. The molecule has 0 aromatic carbocycles. The molecule has 0 amide bonds. The minimum atomic E-state index is -1.10. The topological polar surface area (TPSA) is 37.3 Å². The molecule has 2 rings (SSSR count). The van der Waals surface area contributed by atoms with Gasteiger partial charge in [0, 0.05) is 15.8 Å². The molecule has 1 aromatic heterocycles. The number of Topliss-reactive ketones (excluding diaryl/α,β-unsaturated/α-hetero) is 1. The molecule has 1 aliphatic rings. The SMILES string of the molecule is Cc1cc(C(=O)C2(O)CCC(C)CC2)cs1. The first kappa shape index (κ1) is 11.8. The number of aryl methyl sites for hydroxylation is 1. The summed E-state index contributed by atoms with van der Waals surface area (Å²) in [5.41, 5.74) is -0.417. The van der Waals surface area contributed by atoms with Crippen LogP contribution in [-0.4, -0.2) is 16.5 Å². The number of carbonyl (C=O) groups is 1. The number of aliphatic hydroxyl groups is 1. The second-order valence-corrected chi connectivity index (χ2v) is 6.10. The molecular formula is C13H18O2S. The van der Waals surface area contributed by atoms with Gasteiger partial charge in [-0.25, -0.2) is 0 Å². The number of carbonyl (C=O) groups excluding carboxylic acids is 1. The largest absolute Gasteiger partial charge is 0.382 e. The predicted molar refractivity (Wildman–Crippen MR) is 66.0 cm³/mol. The zero-order valence-electron chi connectivity index (χ0n) is 9.82. The van der Waals surface area contributed by atoms with Crippen LogP contribution >= 0.6 is 11.3 Å². The molecule has 2 nitrogen and oxygen atoms in total. The third kappa shape index (κ3) is 2.20. The Hall–Kier alpha value is -0.670. The molecule has 16 heavy (non-hydrogen) atoms. The van der Waals surface area contributed by atoms with Crippen LogP contribution in [0.5, 0.6) is 0 Å². The third-order valence-corrected chi connectivity index (χ3v) is 4.38. The lowest BCUT2D eigenvalue weighted by atomic mass is 9.76. The van der Waals surface area contributed by atoms with Crippen LogP contribution in [0.25, 0.3) is 0 Å². The van der Waals surface area contributed by atoms with Gasteiger partial charge in [0.2, 0.25) is 0 Å². The molecule has 3 heteroatoms. The van der Waals surface area contributed by atoms with Gasteiger partial charge in [0.25, 0.3) is 0 Å². The highest BCUT2D eigenvalue weighted by Crippen LogP contribution is 2.34. The van der Waals surface area contributed by atoms with E-state index >= 15 is 0 Å². The predicted octanol–water partition coefficient (Wildman–Crippen LogP) is 3.18. The highest BCUT2D eigenvalue weighted by Gasteiger charge is 2.39. The first-order chi connectivity index (χ1) is 7.51. The Morgan fingerprint density at radius 3 is 2.62 bits per heavy atom. The summed E-state index contributed by atoms with van der Waals surface area (Å²) in [7, 11) is 0. The maximum absolute atomic E-state index is 12.2. The summed E-state index contributed by atoms with van der Waals surface area (Å²) in [5.74, 6) is 0.557. The van der Waals surface area contributed by atoms with E-state index in [1.165, 1.54) is 0 Å². The van der Waals surface area contributed by atoms with Crippen molar-refractivity contribution in [3.63, 3.8) is 0 Å². The summed E-state index contributed by atoms with van der Waals surface area (Å²) < 4.78 is 0. The third-order valence-electron chi connectivity index (χ3n) is 3.52. The molecule has 1 saturated carbocycles. The Morgan fingerprint density at radius 2 is 2.12 bits per heavy atom. The first-order valence-electron chi connectivity index (χ1n) is 5.83. The molecule has 1 fully saturated rings. The Labute approximate surface area is 100 Å². The molecule has 1 aromatic rings. The van der Waals surface area contributed by atoms with Crippen LogP contribution in [0.3, 0.4) is 0 Å². The zero-order chi connectivity index (χ0) is 11.8. The van der Waals surface area contributed by atoms with E-state index in [0.29, 0.717) is 24.3 Å². The second kappa shape index (κ2) is 4.30. The normalized spacial score (nSPS) is 30.3. The van der Waals surface area contributed by atoms with Crippen LogP contribution in [0.2, 0.25) is 0 Å². The van der Waals surface area contributed by atoms with Crippen LogP contribution in [0, 0.1) is 12.8 Å². The Bertz CT molecular complexity index is 386. The standard InChI is InChI=1S/C13H18O2S/c1-9-3-5-13(15,6-4-9)12(14)11-7-10(2)16-8-11/h7-9,15H,3-6H2,1-2H3. The number of thiophene rings is 1. The Balaban J connectivity index is 2.15. The summed E-state index contributed by atoms with van der Waals surface area (Å²) in [6, 6.07) is 1.88. The van der Waals surface area contributed by atoms with Crippen LogP contribution < -0.4 is 0 Å². The minimum Gasteiger partial charge on any atom is -0.382 e. The van der Waals surface area contributed by atoms with E-state index in [1.54, 1.807) is 11.3 Å². The van der Waals surface area contributed by atoms with Gasteiger partial charge in [-0.15, -0.1) is 11.3 Å². The van der Waals surface area contributed by atoms with E-state index < -0.39 is 5.60 Å². The van der Waals surface area contributed by atoms with Gasteiger partial charge >= 0.3 is 0 Å². The van der Waals surface area contributed by atoms with Crippen molar-refractivity contribution in [1.29, 1.82) is 0 Å². The van der Waals surface area contributed by atoms with Gasteiger partial charge in [0.1, 0.15) is 5.60 Å². The maximum Gasteiger partial charge on any atom is 0.195 e. The molecule has 1 heterocycles. The molecule has 0 bridgehead atoms. The van der Waals surface area contributed by atoms with Crippen molar-refractivity contribution in [2.24, 2.45) is 5.92 Å². The number of ketones is 1. The summed E-state index contributed by atoms with van der Waals surface area (Å²) in [4.78, 5) is 13.3. The van der Waals surface area contributed by atoms with E-state index in [1.807, 2.05) is 18.4 Å². The highest BCUT2D eigenvalue weighted by atomic mass is 32.1. The van der Waals surface area contributed by atoms with Crippen molar-refractivity contribution >= 4 is 17.1 Å². The molecule has 1 N–H and O–H groups in total.